The van der Waals surface area contributed by atoms with Gasteiger partial charge in [-0.3, -0.25) is 4.79 Å². The summed E-state index contributed by atoms with van der Waals surface area (Å²) in [7, 11) is 0. The van der Waals surface area contributed by atoms with Gasteiger partial charge in [-0.1, -0.05) is 18.2 Å². The van der Waals surface area contributed by atoms with Crippen LogP contribution in [0.1, 0.15) is 5.56 Å². The van der Waals surface area contributed by atoms with E-state index < -0.39 is 5.82 Å². The van der Waals surface area contributed by atoms with Crippen molar-refractivity contribution in [2.24, 2.45) is 0 Å². The van der Waals surface area contributed by atoms with Crippen molar-refractivity contribution in [3.05, 3.63) is 59.6 Å². The second-order valence-electron chi connectivity index (χ2n) is 5.32. The van der Waals surface area contributed by atoms with E-state index in [0.717, 1.165) is 11.0 Å². The zero-order valence-corrected chi connectivity index (χ0v) is 13.7. The van der Waals surface area contributed by atoms with Crippen LogP contribution in [0.5, 0.6) is 0 Å². The molecule has 1 amide bonds. The number of fused-ring (bicyclic) bond motifs is 1. The average molecular weight is 353 g/mol. The normalized spacial score (nSPS) is 10.9. The third kappa shape index (κ3) is 3.11. The number of nitrogens with one attached hydrogen (secondary N) is 2. The Morgan fingerprint density at radius 1 is 1.24 bits per heavy atom. The molecule has 124 valence electrons. The third-order valence-corrected chi connectivity index (χ3v) is 4.41. The standard InChI is InChI=1S/C17H12FN5OS/c18-12-4-2-1-3-10(12)7-14(24)23-17-22-13(8-25-17)15-11-5-6-19-16(11)21-9-20-15/h1-6,8-9H,7H2,(H,19,20,21)(H,22,23,24). The molecule has 25 heavy (non-hydrogen) atoms. The van der Waals surface area contributed by atoms with Crippen molar-refractivity contribution in [1.82, 2.24) is 19.9 Å². The summed E-state index contributed by atoms with van der Waals surface area (Å²) >= 11 is 1.29. The number of rotatable bonds is 4. The number of carbonyl (C=O) groups is 1. The fourth-order valence-electron chi connectivity index (χ4n) is 2.49. The predicted molar refractivity (Wildman–Crippen MR) is 93.7 cm³/mol. The van der Waals surface area contributed by atoms with Crippen LogP contribution in [0, 0.1) is 5.82 Å². The number of carbonyl (C=O) groups excluding carboxylic acids is 1. The first-order valence-electron chi connectivity index (χ1n) is 7.48. The molecule has 2 N–H and O–H groups in total. The van der Waals surface area contributed by atoms with Crippen molar-refractivity contribution in [2.75, 3.05) is 5.32 Å². The average Bonchev–Trinajstić information content (AvgIpc) is 3.25. The minimum atomic E-state index is -0.395. The van der Waals surface area contributed by atoms with E-state index >= 15 is 0 Å². The van der Waals surface area contributed by atoms with E-state index in [1.807, 2.05) is 11.4 Å². The molecule has 1 aromatic carbocycles. The van der Waals surface area contributed by atoms with Gasteiger partial charge in [-0.15, -0.1) is 11.3 Å². The number of anilines is 1. The number of benzene rings is 1. The molecule has 6 nitrogen and oxygen atoms in total. The highest BCUT2D eigenvalue weighted by Crippen LogP contribution is 2.28. The van der Waals surface area contributed by atoms with Gasteiger partial charge in [0.25, 0.3) is 0 Å². The van der Waals surface area contributed by atoms with Gasteiger partial charge in [0.2, 0.25) is 5.91 Å². The Hall–Kier alpha value is -3.13. The number of aromatic amines is 1. The minimum Gasteiger partial charge on any atom is -0.346 e. The van der Waals surface area contributed by atoms with E-state index in [1.165, 1.54) is 23.7 Å². The first kappa shape index (κ1) is 15.4. The molecule has 0 bridgehead atoms. The number of hydrogen-bond acceptors (Lipinski definition) is 5. The molecule has 3 heterocycles. The molecular weight excluding hydrogens is 341 g/mol. The summed E-state index contributed by atoms with van der Waals surface area (Å²) < 4.78 is 13.6. The van der Waals surface area contributed by atoms with E-state index in [0.29, 0.717) is 22.1 Å². The summed E-state index contributed by atoms with van der Waals surface area (Å²) in [4.78, 5) is 27.9. The smallest absolute Gasteiger partial charge is 0.230 e. The van der Waals surface area contributed by atoms with Gasteiger partial charge < -0.3 is 10.3 Å². The highest BCUT2D eigenvalue weighted by Gasteiger charge is 2.13. The van der Waals surface area contributed by atoms with Crippen molar-refractivity contribution >= 4 is 33.4 Å². The van der Waals surface area contributed by atoms with Crippen LogP contribution < -0.4 is 5.32 Å². The fraction of sp³-hybridized carbons (Fsp3) is 0.0588. The molecule has 0 spiro atoms. The van der Waals surface area contributed by atoms with Crippen LogP contribution in [0.3, 0.4) is 0 Å². The van der Waals surface area contributed by atoms with Gasteiger partial charge in [0.05, 0.1) is 6.42 Å². The van der Waals surface area contributed by atoms with Gasteiger partial charge in [-0.05, 0) is 17.7 Å². The second kappa shape index (κ2) is 6.40. The van der Waals surface area contributed by atoms with Gasteiger partial charge in [0.1, 0.15) is 29.2 Å². The molecule has 0 radical (unpaired) electrons. The van der Waals surface area contributed by atoms with Crippen LogP contribution >= 0.6 is 11.3 Å². The third-order valence-electron chi connectivity index (χ3n) is 3.66. The summed E-state index contributed by atoms with van der Waals surface area (Å²) in [5.41, 5.74) is 2.42. The number of thiazole rings is 1. The Kier molecular flexibility index (Phi) is 3.95. The zero-order chi connectivity index (χ0) is 17.2. The van der Waals surface area contributed by atoms with E-state index in [4.69, 9.17) is 0 Å². The first-order chi connectivity index (χ1) is 12.2. The number of nitrogens with zero attached hydrogens (tertiary/aromatic N) is 3. The van der Waals surface area contributed by atoms with Crippen LogP contribution in [0.15, 0.2) is 48.2 Å². The van der Waals surface area contributed by atoms with Gasteiger partial charge in [-0.2, -0.15) is 0 Å². The molecule has 0 saturated heterocycles. The van der Waals surface area contributed by atoms with Crippen molar-refractivity contribution in [3.63, 3.8) is 0 Å². The van der Waals surface area contributed by atoms with Gasteiger partial charge in [0.15, 0.2) is 5.13 Å². The van der Waals surface area contributed by atoms with Gasteiger partial charge in [0, 0.05) is 17.0 Å². The number of hydrogen-bond donors (Lipinski definition) is 2. The molecule has 0 atom stereocenters. The minimum absolute atomic E-state index is 0.0445. The molecule has 8 heteroatoms. The molecule has 3 aromatic heterocycles. The second-order valence-corrected chi connectivity index (χ2v) is 6.17. The number of amides is 1. The largest absolute Gasteiger partial charge is 0.346 e. The van der Waals surface area contributed by atoms with Gasteiger partial charge in [-0.25, -0.2) is 19.3 Å². The first-order valence-corrected chi connectivity index (χ1v) is 8.36. The summed E-state index contributed by atoms with van der Waals surface area (Å²) in [5.74, 6) is -0.714. The van der Waals surface area contributed by atoms with Gasteiger partial charge >= 0.3 is 0 Å². The summed E-state index contributed by atoms with van der Waals surface area (Å²) in [5, 5.41) is 5.81. The quantitative estimate of drug-likeness (QED) is 0.589. The lowest BCUT2D eigenvalue weighted by Crippen LogP contribution is -2.15. The number of H-pyrrole nitrogens is 1. The number of aromatic nitrogens is 4. The van der Waals surface area contributed by atoms with Crippen molar-refractivity contribution in [1.29, 1.82) is 0 Å². The van der Waals surface area contributed by atoms with Crippen LogP contribution in [0.2, 0.25) is 0 Å². The maximum absolute atomic E-state index is 13.6. The highest BCUT2D eigenvalue weighted by atomic mass is 32.1. The Bertz CT molecular complexity index is 1060. The molecule has 4 rings (SSSR count). The Labute approximate surface area is 145 Å². The van der Waals surface area contributed by atoms with E-state index in [2.05, 4.69) is 25.3 Å². The maximum Gasteiger partial charge on any atom is 0.230 e. The zero-order valence-electron chi connectivity index (χ0n) is 12.9. The van der Waals surface area contributed by atoms with E-state index in [-0.39, 0.29) is 12.3 Å². The van der Waals surface area contributed by atoms with Crippen molar-refractivity contribution in [3.8, 4) is 11.4 Å². The van der Waals surface area contributed by atoms with Crippen molar-refractivity contribution < 1.29 is 9.18 Å². The summed E-state index contributed by atoms with van der Waals surface area (Å²) in [6, 6.07) is 8.09. The van der Waals surface area contributed by atoms with Crippen LogP contribution in [-0.2, 0) is 11.2 Å². The lowest BCUT2D eigenvalue weighted by molar-refractivity contribution is -0.115. The Morgan fingerprint density at radius 2 is 2.12 bits per heavy atom. The molecule has 0 aliphatic heterocycles. The van der Waals surface area contributed by atoms with E-state index in [1.54, 1.807) is 24.4 Å². The summed E-state index contributed by atoms with van der Waals surface area (Å²) in [6.45, 7) is 0. The number of halogens is 1. The topological polar surface area (TPSA) is 83.6 Å². The maximum atomic E-state index is 13.6. The molecule has 0 saturated carbocycles. The van der Waals surface area contributed by atoms with Crippen LogP contribution in [0.4, 0.5) is 9.52 Å². The van der Waals surface area contributed by atoms with E-state index in [9.17, 15) is 9.18 Å². The van der Waals surface area contributed by atoms with Crippen LogP contribution in [-0.4, -0.2) is 25.8 Å². The van der Waals surface area contributed by atoms with Crippen LogP contribution in [0.25, 0.3) is 22.4 Å². The van der Waals surface area contributed by atoms with Crippen molar-refractivity contribution in [2.45, 2.75) is 6.42 Å². The molecule has 4 aromatic rings. The molecule has 0 aliphatic carbocycles. The summed E-state index contributed by atoms with van der Waals surface area (Å²) in [6.07, 6.45) is 3.20. The molecule has 0 unspecified atom stereocenters. The lowest BCUT2D eigenvalue weighted by Gasteiger charge is -2.03. The SMILES string of the molecule is O=C(Cc1ccccc1F)Nc1nc(-c2ncnc3[nH]ccc23)cs1. The molecule has 0 fully saturated rings. The monoisotopic (exact) mass is 353 g/mol. The molecule has 0 aliphatic rings. The Morgan fingerprint density at radius 3 is 3.00 bits per heavy atom. The predicted octanol–water partition coefficient (Wildman–Crippen LogP) is 3.40. The molecular formula is C17H12FN5OS. The lowest BCUT2D eigenvalue weighted by atomic mass is 10.1. The Balaban J connectivity index is 1.53. The highest BCUT2D eigenvalue weighted by molar-refractivity contribution is 7.14. The fourth-order valence-corrected chi connectivity index (χ4v) is 3.21.